The molecule has 0 aliphatic heterocycles. The van der Waals surface area contributed by atoms with Gasteiger partial charge in [-0.15, -0.1) is 0 Å². The lowest BCUT2D eigenvalue weighted by Gasteiger charge is -2.20. The summed E-state index contributed by atoms with van der Waals surface area (Å²) >= 11 is 0. The number of rotatable bonds is 8. The molecule has 1 aromatic carbocycles. The first-order chi connectivity index (χ1) is 10.1. The highest BCUT2D eigenvalue weighted by molar-refractivity contribution is 5.79. The predicted molar refractivity (Wildman–Crippen MR) is 91.9 cm³/mol. The number of likely N-dealkylation sites (N-methyl/N-ethyl adjacent to an activating group) is 1. The monoisotopic (exact) mass is 290 g/mol. The summed E-state index contributed by atoms with van der Waals surface area (Å²) in [4.78, 5) is 6.92. The Balaban J connectivity index is 2.35. The first-order valence-electron chi connectivity index (χ1n) is 7.89. The van der Waals surface area contributed by atoms with Gasteiger partial charge in [0.05, 0.1) is 6.54 Å². The van der Waals surface area contributed by atoms with Crippen molar-refractivity contribution in [2.45, 2.75) is 33.2 Å². The van der Waals surface area contributed by atoms with Crippen LogP contribution in [0.3, 0.4) is 0 Å². The maximum Gasteiger partial charge on any atom is 0.191 e. The van der Waals surface area contributed by atoms with Crippen LogP contribution in [0.5, 0.6) is 0 Å². The molecule has 0 amide bonds. The Bertz CT molecular complexity index is 401. The minimum absolute atomic E-state index is 0.564. The van der Waals surface area contributed by atoms with Crippen LogP contribution in [-0.2, 0) is 6.42 Å². The molecule has 0 radical (unpaired) electrons. The van der Waals surface area contributed by atoms with E-state index in [0.29, 0.717) is 6.04 Å². The molecule has 4 heteroatoms. The molecule has 2 N–H and O–H groups in total. The quantitative estimate of drug-likeness (QED) is 0.569. The van der Waals surface area contributed by atoms with Gasteiger partial charge in [0.25, 0.3) is 0 Å². The highest BCUT2D eigenvalue weighted by Gasteiger charge is 2.02. The summed E-state index contributed by atoms with van der Waals surface area (Å²) in [7, 11) is 2.13. The van der Waals surface area contributed by atoms with Gasteiger partial charge in [-0.3, -0.25) is 4.99 Å². The zero-order chi connectivity index (χ0) is 15.5. The van der Waals surface area contributed by atoms with Gasteiger partial charge in [-0.25, -0.2) is 0 Å². The van der Waals surface area contributed by atoms with Crippen LogP contribution in [0, 0.1) is 0 Å². The Kier molecular flexibility index (Phi) is 8.51. The van der Waals surface area contributed by atoms with E-state index < -0.39 is 0 Å². The van der Waals surface area contributed by atoms with Crippen molar-refractivity contribution in [2.24, 2.45) is 4.99 Å². The zero-order valence-electron chi connectivity index (χ0n) is 13.9. The van der Waals surface area contributed by atoms with E-state index >= 15 is 0 Å². The van der Waals surface area contributed by atoms with Crippen LogP contribution in [0.15, 0.2) is 35.3 Å². The lowest BCUT2D eigenvalue weighted by molar-refractivity contribution is 0.282. The molecule has 0 spiro atoms. The fourth-order valence-corrected chi connectivity index (χ4v) is 1.89. The molecule has 0 saturated carbocycles. The van der Waals surface area contributed by atoms with E-state index in [1.165, 1.54) is 5.56 Å². The molecule has 0 saturated heterocycles. The van der Waals surface area contributed by atoms with E-state index in [4.69, 9.17) is 0 Å². The number of nitrogens with zero attached hydrogens (tertiary/aromatic N) is 2. The zero-order valence-corrected chi connectivity index (χ0v) is 13.9. The first-order valence-corrected chi connectivity index (χ1v) is 7.89. The molecular weight excluding hydrogens is 260 g/mol. The average Bonchev–Trinajstić information content (AvgIpc) is 2.48. The van der Waals surface area contributed by atoms with Crippen LogP contribution in [-0.4, -0.2) is 50.1 Å². The highest BCUT2D eigenvalue weighted by atomic mass is 15.2. The maximum absolute atomic E-state index is 4.62. The van der Waals surface area contributed by atoms with Gasteiger partial charge >= 0.3 is 0 Å². The van der Waals surface area contributed by atoms with Crippen molar-refractivity contribution < 1.29 is 0 Å². The SMILES string of the molecule is CCNC(=NCCN(C)C(C)C)NCCc1ccccc1. The minimum Gasteiger partial charge on any atom is -0.357 e. The normalized spacial score (nSPS) is 12.0. The van der Waals surface area contributed by atoms with Crippen molar-refractivity contribution >= 4 is 5.96 Å². The van der Waals surface area contributed by atoms with Crippen molar-refractivity contribution in [3.8, 4) is 0 Å². The number of aliphatic imine (C=N–C) groups is 1. The van der Waals surface area contributed by atoms with Crippen LogP contribution in [0.1, 0.15) is 26.3 Å². The summed E-state index contributed by atoms with van der Waals surface area (Å²) in [6, 6.07) is 11.1. The van der Waals surface area contributed by atoms with E-state index in [0.717, 1.165) is 38.6 Å². The lowest BCUT2D eigenvalue weighted by Crippen LogP contribution is -2.39. The van der Waals surface area contributed by atoms with Gasteiger partial charge in [0, 0.05) is 25.7 Å². The van der Waals surface area contributed by atoms with Gasteiger partial charge in [-0.2, -0.15) is 0 Å². The third-order valence-electron chi connectivity index (χ3n) is 3.50. The van der Waals surface area contributed by atoms with Gasteiger partial charge in [0.15, 0.2) is 5.96 Å². The Morgan fingerprint density at radius 3 is 2.52 bits per heavy atom. The van der Waals surface area contributed by atoms with Crippen molar-refractivity contribution in [2.75, 3.05) is 33.2 Å². The van der Waals surface area contributed by atoms with Gasteiger partial charge in [0.1, 0.15) is 0 Å². The van der Waals surface area contributed by atoms with Gasteiger partial charge in [-0.1, -0.05) is 30.3 Å². The molecule has 4 nitrogen and oxygen atoms in total. The summed E-state index contributed by atoms with van der Waals surface area (Å²) in [5.41, 5.74) is 1.35. The minimum atomic E-state index is 0.564. The molecule has 0 atom stereocenters. The third-order valence-corrected chi connectivity index (χ3v) is 3.50. The van der Waals surface area contributed by atoms with Gasteiger partial charge < -0.3 is 15.5 Å². The number of benzene rings is 1. The van der Waals surface area contributed by atoms with Crippen LogP contribution < -0.4 is 10.6 Å². The van der Waals surface area contributed by atoms with E-state index in [-0.39, 0.29) is 0 Å². The Morgan fingerprint density at radius 1 is 1.19 bits per heavy atom. The molecule has 0 unspecified atom stereocenters. The first kappa shape index (κ1) is 17.5. The van der Waals surface area contributed by atoms with Gasteiger partial charge in [-0.05, 0) is 39.8 Å². The van der Waals surface area contributed by atoms with Crippen molar-refractivity contribution in [3.63, 3.8) is 0 Å². The highest BCUT2D eigenvalue weighted by Crippen LogP contribution is 1.98. The number of hydrogen-bond donors (Lipinski definition) is 2. The fraction of sp³-hybridized carbons (Fsp3) is 0.588. The van der Waals surface area contributed by atoms with Crippen LogP contribution in [0.2, 0.25) is 0 Å². The fourth-order valence-electron chi connectivity index (χ4n) is 1.89. The summed E-state index contributed by atoms with van der Waals surface area (Å²) in [6.45, 7) is 10.1. The second-order valence-electron chi connectivity index (χ2n) is 5.50. The Hall–Kier alpha value is -1.55. The molecule has 0 heterocycles. The molecule has 0 aliphatic carbocycles. The molecule has 21 heavy (non-hydrogen) atoms. The number of hydrogen-bond acceptors (Lipinski definition) is 2. The molecule has 0 aromatic heterocycles. The largest absolute Gasteiger partial charge is 0.357 e. The Morgan fingerprint density at radius 2 is 1.90 bits per heavy atom. The summed E-state index contributed by atoms with van der Waals surface area (Å²) in [5.74, 6) is 0.908. The third kappa shape index (κ3) is 7.71. The molecule has 1 aromatic rings. The molecule has 0 fully saturated rings. The van der Waals surface area contributed by atoms with E-state index in [2.05, 4.69) is 72.6 Å². The second kappa shape index (κ2) is 10.2. The maximum atomic E-state index is 4.62. The standard InChI is InChI=1S/C17H30N4/c1-5-18-17(20-13-14-21(4)15(2)3)19-12-11-16-9-7-6-8-10-16/h6-10,15H,5,11-14H2,1-4H3,(H2,18,19,20). The number of guanidine groups is 1. The predicted octanol–water partition coefficient (Wildman–Crippen LogP) is 2.12. The lowest BCUT2D eigenvalue weighted by atomic mass is 10.1. The average molecular weight is 290 g/mol. The molecule has 118 valence electrons. The second-order valence-corrected chi connectivity index (χ2v) is 5.50. The van der Waals surface area contributed by atoms with E-state index in [9.17, 15) is 0 Å². The van der Waals surface area contributed by atoms with Crippen LogP contribution >= 0.6 is 0 Å². The van der Waals surface area contributed by atoms with Crippen LogP contribution in [0.4, 0.5) is 0 Å². The molecule has 0 bridgehead atoms. The molecule has 1 rings (SSSR count). The smallest absolute Gasteiger partial charge is 0.191 e. The van der Waals surface area contributed by atoms with E-state index in [1.54, 1.807) is 0 Å². The van der Waals surface area contributed by atoms with Crippen molar-refractivity contribution in [1.29, 1.82) is 0 Å². The summed E-state index contributed by atoms with van der Waals surface area (Å²) < 4.78 is 0. The number of nitrogens with one attached hydrogen (secondary N) is 2. The molecule has 0 aliphatic rings. The molecular formula is C17H30N4. The topological polar surface area (TPSA) is 39.7 Å². The van der Waals surface area contributed by atoms with Crippen LogP contribution in [0.25, 0.3) is 0 Å². The van der Waals surface area contributed by atoms with Crippen molar-refractivity contribution in [1.82, 2.24) is 15.5 Å². The Labute approximate surface area is 129 Å². The summed E-state index contributed by atoms with van der Waals surface area (Å²) in [6.07, 6.45) is 1.01. The summed E-state index contributed by atoms with van der Waals surface area (Å²) in [5, 5.41) is 6.68. The van der Waals surface area contributed by atoms with E-state index in [1.807, 2.05) is 6.07 Å². The van der Waals surface area contributed by atoms with Gasteiger partial charge in [0.2, 0.25) is 0 Å². The van der Waals surface area contributed by atoms with Crippen molar-refractivity contribution in [3.05, 3.63) is 35.9 Å².